The first kappa shape index (κ1) is 19.2. The maximum Gasteiger partial charge on any atom is 0.339 e. The molecule has 0 aliphatic rings. The smallest absolute Gasteiger partial charge is 0.339 e. The zero-order valence-electron chi connectivity index (χ0n) is 15.7. The molecule has 1 atom stereocenters. The van der Waals surface area contributed by atoms with Gasteiger partial charge in [-0.1, -0.05) is 48.5 Å². The molecule has 0 aromatic heterocycles. The zero-order valence-corrected chi connectivity index (χ0v) is 15.7. The van der Waals surface area contributed by atoms with Gasteiger partial charge < -0.3 is 15.2 Å². The van der Waals surface area contributed by atoms with Crippen molar-refractivity contribution >= 4 is 17.6 Å². The molecule has 0 heterocycles. The number of rotatable bonds is 6. The first-order chi connectivity index (χ1) is 13.4. The summed E-state index contributed by atoms with van der Waals surface area (Å²) >= 11 is 0. The number of carboxylic acids is 1. The number of anilines is 1. The van der Waals surface area contributed by atoms with E-state index in [1.165, 1.54) is 6.07 Å². The largest absolute Gasteiger partial charge is 0.478 e. The summed E-state index contributed by atoms with van der Waals surface area (Å²) in [6.45, 7) is 3.91. The van der Waals surface area contributed by atoms with Crippen LogP contribution in [0.4, 0.5) is 5.69 Å². The summed E-state index contributed by atoms with van der Waals surface area (Å²) in [6.07, 6.45) is -0.998. The number of aromatic carboxylic acids is 1. The van der Waals surface area contributed by atoms with Crippen LogP contribution in [0.15, 0.2) is 72.8 Å². The Bertz CT molecular complexity index is 978. The predicted molar refractivity (Wildman–Crippen MR) is 108 cm³/mol. The van der Waals surface area contributed by atoms with E-state index in [-0.39, 0.29) is 17.2 Å². The van der Waals surface area contributed by atoms with Gasteiger partial charge in [0.1, 0.15) is 11.3 Å². The van der Waals surface area contributed by atoms with Crippen molar-refractivity contribution in [2.75, 3.05) is 5.32 Å². The van der Waals surface area contributed by atoms with Crippen LogP contribution in [0.2, 0.25) is 0 Å². The Morgan fingerprint density at radius 3 is 2.14 bits per heavy atom. The molecular formula is C23H21NO4. The highest BCUT2D eigenvalue weighted by Crippen LogP contribution is 2.27. The number of amides is 1. The van der Waals surface area contributed by atoms with E-state index in [0.717, 1.165) is 11.1 Å². The van der Waals surface area contributed by atoms with Crippen molar-refractivity contribution in [1.82, 2.24) is 0 Å². The zero-order chi connectivity index (χ0) is 20.1. The van der Waals surface area contributed by atoms with Crippen LogP contribution in [0.3, 0.4) is 0 Å². The minimum Gasteiger partial charge on any atom is -0.478 e. The van der Waals surface area contributed by atoms with Gasteiger partial charge in [0.2, 0.25) is 6.10 Å². The molecule has 5 nitrogen and oxygen atoms in total. The van der Waals surface area contributed by atoms with Crippen molar-refractivity contribution in [2.45, 2.75) is 20.0 Å². The molecule has 0 fully saturated rings. The lowest BCUT2D eigenvalue weighted by molar-refractivity contribution is -0.123. The van der Waals surface area contributed by atoms with Gasteiger partial charge in [-0.25, -0.2) is 4.79 Å². The van der Waals surface area contributed by atoms with E-state index in [4.69, 9.17) is 4.74 Å². The van der Waals surface area contributed by atoms with Crippen LogP contribution >= 0.6 is 0 Å². The molecule has 0 radical (unpaired) electrons. The summed E-state index contributed by atoms with van der Waals surface area (Å²) in [5, 5.41) is 12.3. The molecule has 28 heavy (non-hydrogen) atoms. The molecule has 1 amide bonds. The highest BCUT2D eigenvalue weighted by atomic mass is 16.5. The third kappa shape index (κ3) is 4.57. The number of hydrogen-bond donors (Lipinski definition) is 2. The van der Waals surface area contributed by atoms with Crippen LogP contribution in [-0.4, -0.2) is 17.0 Å². The van der Waals surface area contributed by atoms with Gasteiger partial charge in [-0.2, -0.15) is 0 Å². The van der Waals surface area contributed by atoms with Crippen molar-refractivity contribution in [3.05, 3.63) is 95.1 Å². The summed E-state index contributed by atoms with van der Waals surface area (Å²) in [4.78, 5) is 24.5. The Hall–Kier alpha value is -3.60. The number of carbonyl (C=O) groups is 2. The molecule has 0 spiro atoms. The molecule has 3 rings (SSSR count). The molecular weight excluding hydrogens is 354 g/mol. The predicted octanol–water partition coefficient (Wildman–Crippen LogP) is 4.76. The summed E-state index contributed by atoms with van der Waals surface area (Å²) in [5.41, 5.74) is 3.36. The molecule has 0 bridgehead atoms. The fourth-order valence-corrected chi connectivity index (χ4v) is 3.03. The van der Waals surface area contributed by atoms with E-state index in [9.17, 15) is 14.7 Å². The lowest BCUT2D eigenvalue weighted by Gasteiger charge is -2.20. The second-order valence-corrected chi connectivity index (χ2v) is 6.58. The third-order valence-electron chi connectivity index (χ3n) is 4.19. The van der Waals surface area contributed by atoms with Gasteiger partial charge in [0.25, 0.3) is 5.91 Å². The normalized spacial score (nSPS) is 11.5. The second kappa shape index (κ2) is 8.39. The van der Waals surface area contributed by atoms with Gasteiger partial charge in [0.05, 0.1) is 0 Å². The molecule has 142 valence electrons. The van der Waals surface area contributed by atoms with Crippen LogP contribution in [0, 0.1) is 13.8 Å². The van der Waals surface area contributed by atoms with Crippen LogP contribution in [0.25, 0.3) is 0 Å². The van der Waals surface area contributed by atoms with E-state index in [1.54, 1.807) is 42.5 Å². The molecule has 0 aliphatic heterocycles. The number of nitrogens with one attached hydrogen (secondary N) is 1. The molecule has 2 N–H and O–H groups in total. The number of carbonyl (C=O) groups excluding carboxylic acids is 1. The number of para-hydroxylation sites is 1. The van der Waals surface area contributed by atoms with E-state index in [1.807, 2.05) is 38.1 Å². The minimum atomic E-state index is -1.11. The highest BCUT2D eigenvalue weighted by molar-refractivity contribution is 5.96. The van der Waals surface area contributed by atoms with E-state index >= 15 is 0 Å². The summed E-state index contributed by atoms with van der Waals surface area (Å²) in [5.74, 6) is -1.35. The first-order valence-electron chi connectivity index (χ1n) is 8.87. The Kier molecular flexibility index (Phi) is 5.75. The summed E-state index contributed by atoms with van der Waals surface area (Å²) in [6, 6.07) is 21.0. The Morgan fingerprint density at radius 2 is 1.50 bits per heavy atom. The number of hydrogen-bond acceptors (Lipinski definition) is 3. The van der Waals surface area contributed by atoms with Crippen LogP contribution in [-0.2, 0) is 4.79 Å². The van der Waals surface area contributed by atoms with Crippen LogP contribution in [0.1, 0.15) is 33.2 Å². The lowest BCUT2D eigenvalue weighted by Crippen LogP contribution is -2.26. The first-order valence-corrected chi connectivity index (χ1v) is 8.87. The van der Waals surface area contributed by atoms with Gasteiger partial charge >= 0.3 is 5.97 Å². The monoisotopic (exact) mass is 375 g/mol. The Labute approximate surface area is 163 Å². The van der Waals surface area contributed by atoms with Gasteiger partial charge in [-0.05, 0) is 49.2 Å². The Balaban J connectivity index is 1.94. The SMILES string of the molecule is Cc1cc(C)cc(NC(=O)[C@H](Oc2ccccc2C(=O)O)c2ccccc2)c1. The van der Waals surface area contributed by atoms with Gasteiger partial charge in [0.15, 0.2) is 0 Å². The number of carboxylic acid groups (broad SMARTS) is 1. The fraction of sp³-hybridized carbons (Fsp3) is 0.130. The average Bonchev–Trinajstić information content (AvgIpc) is 2.66. The number of aryl methyl sites for hydroxylation is 2. The maximum absolute atomic E-state index is 13.0. The number of benzene rings is 3. The van der Waals surface area contributed by atoms with Crippen molar-refractivity contribution in [3.63, 3.8) is 0 Å². The van der Waals surface area contributed by atoms with Crippen molar-refractivity contribution in [2.24, 2.45) is 0 Å². The molecule has 0 unspecified atom stereocenters. The molecule has 3 aromatic carbocycles. The Morgan fingerprint density at radius 1 is 0.893 bits per heavy atom. The van der Waals surface area contributed by atoms with E-state index in [2.05, 4.69) is 5.32 Å². The van der Waals surface area contributed by atoms with E-state index in [0.29, 0.717) is 11.3 Å². The van der Waals surface area contributed by atoms with E-state index < -0.39 is 12.1 Å². The number of ether oxygens (including phenoxy) is 1. The van der Waals surface area contributed by atoms with Crippen molar-refractivity contribution in [1.29, 1.82) is 0 Å². The van der Waals surface area contributed by atoms with Gasteiger partial charge in [0, 0.05) is 11.3 Å². The van der Waals surface area contributed by atoms with Crippen molar-refractivity contribution < 1.29 is 19.4 Å². The van der Waals surface area contributed by atoms with Crippen LogP contribution in [0.5, 0.6) is 5.75 Å². The van der Waals surface area contributed by atoms with Gasteiger partial charge in [-0.15, -0.1) is 0 Å². The molecule has 0 saturated heterocycles. The second-order valence-electron chi connectivity index (χ2n) is 6.58. The summed E-state index contributed by atoms with van der Waals surface area (Å²) < 4.78 is 5.89. The van der Waals surface area contributed by atoms with Crippen LogP contribution < -0.4 is 10.1 Å². The molecule has 0 saturated carbocycles. The molecule has 5 heteroatoms. The average molecular weight is 375 g/mol. The van der Waals surface area contributed by atoms with Crippen molar-refractivity contribution in [3.8, 4) is 5.75 Å². The lowest BCUT2D eigenvalue weighted by atomic mass is 10.1. The fourth-order valence-electron chi connectivity index (χ4n) is 3.03. The summed E-state index contributed by atoms with van der Waals surface area (Å²) in [7, 11) is 0. The third-order valence-corrected chi connectivity index (χ3v) is 4.19. The molecule has 0 aliphatic carbocycles. The topological polar surface area (TPSA) is 75.6 Å². The standard InChI is InChI=1S/C23H21NO4/c1-15-12-16(2)14-18(13-15)24-22(25)21(17-8-4-3-5-9-17)28-20-11-7-6-10-19(20)23(26)27/h3-14,21H,1-2H3,(H,24,25)(H,26,27)/t21-/m1/s1. The van der Waals surface area contributed by atoms with Gasteiger partial charge in [-0.3, -0.25) is 4.79 Å². The maximum atomic E-state index is 13.0. The molecule has 3 aromatic rings. The quantitative estimate of drug-likeness (QED) is 0.651. The highest BCUT2D eigenvalue weighted by Gasteiger charge is 2.25. The minimum absolute atomic E-state index is 0.00244.